The van der Waals surface area contributed by atoms with E-state index in [9.17, 15) is 5.26 Å². The zero-order valence-electron chi connectivity index (χ0n) is 34.4. The van der Waals surface area contributed by atoms with E-state index in [0.717, 1.165) is 38.9 Å². The highest BCUT2D eigenvalue weighted by atomic mass is 15.0. The van der Waals surface area contributed by atoms with Crippen LogP contribution in [0.5, 0.6) is 0 Å². The smallest absolute Gasteiger partial charge is 0.164 e. The molecule has 0 unspecified atom stereocenters. The van der Waals surface area contributed by atoms with Gasteiger partial charge >= 0.3 is 0 Å². The van der Waals surface area contributed by atoms with Crippen LogP contribution in [-0.2, 0) is 5.41 Å². The first-order valence-electron chi connectivity index (χ1n) is 21.6. The summed E-state index contributed by atoms with van der Waals surface area (Å²) in [7, 11) is 0. The van der Waals surface area contributed by atoms with Gasteiger partial charge in [0.2, 0.25) is 0 Å². The van der Waals surface area contributed by atoms with Crippen LogP contribution in [0.1, 0.15) is 27.8 Å². The predicted molar refractivity (Wildman–Crippen MR) is 257 cm³/mol. The number of benzene rings is 9. The summed E-state index contributed by atoms with van der Waals surface area (Å²) < 4.78 is 2.50. The molecule has 5 heteroatoms. The van der Waals surface area contributed by atoms with Crippen molar-refractivity contribution in [1.82, 2.24) is 19.5 Å². The molecule has 3 heterocycles. The maximum absolute atomic E-state index is 9.56. The van der Waals surface area contributed by atoms with Crippen molar-refractivity contribution in [3.63, 3.8) is 0 Å². The van der Waals surface area contributed by atoms with Crippen molar-refractivity contribution in [2.75, 3.05) is 0 Å². The first kappa shape index (κ1) is 36.0. The highest BCUT2D eigenvalue weighted by Gasteiger charge is 2.50. The summed E-state index contributed by atoms with van der Waals surface area (Å²) in [6.07, 6.45) is 0. The van der Waals surface area contributed by atoms with Crippen LogP contribution in [-0.4, -0.2) is 19.5 Å². The van der Waals surface area contributed by atoms with Crippen LogP contribution in [0.3, 0.4) is 0 Å². The molecule has 13 rings (SSSR count). The van der Waals surface area contributed by atoms with E-state index in [1.165, 1.54) is 60.9 Å². The molecule has 0 saturated heterocycles. The Balaban J connectivity index is 0.967. The molecule has 0 amide bonds. The van der Waals surface area contributed by atoms with Gasteiger partial charge in [-0.05, 0) is 92.0 Å². The Kier molecular flexibility index (Phi) is 7.82. The molecule has 9 aromatic carbocycles. The molecule has 0 saturated carbocycles. The number of fused-ring (bicyclic) bond motifs is 12. The lowest BCUT2D eigenvalue weighted by Gasteiger charge is -2.40. The molecule has 0 atom stereocenters. The molecule has 296 valence electrons. The zero-order chi connectivity index (χ0) is 42.4. The van der Waals surface area contributed by atoms with Gasteiger partial charge < -0.3 is 4.57 Å². The van der Waals surface area contributed by atoms with Gasteiger partial charge in [0, 0.05) is 27.5 Å². The van der Waals surface area contributed by atoms with Crippen LogP contribution >= 0.6 is 0 Å². The van der Waals surface area contributed by atoms with E-state index in [1.807, 2.05) is 72.8 Å². The standard InChI is InChI=1S/C59H35N5/c60-36-37-13-10-16-41(33-37)42-17-11-18-44(34-42)58-62-56(39-14-2-1-3-15-39)61-57(63-58)40-29-27-38(28-30-40)43-31-32-54-52(35-43)59(49-23-7-4-19-45(49)46-20-5-8-24-50(46)59)51-25-12-22-48-47-21-6-9-26-53(47)64(54)55(48)51/h1-35H. The zero-order valence-corrected chi connectivity index (χ0v) is 34.4. The van der Waals surface area contributed by atoms with Crippen LogP contribution in [0, 0.1) is 11.3 Å². The molecule has 1 aliphatic carbocycles. The van der Waals surface area contributed by atoms with E-state index in [1.54, 1.807) is 0 Å². The van der Waals surface area contributed by atoms with Crippen molar-refractivity contribution in [2.24, 2.45) is 0 Å². The number of hydrogen-bond acceptors (Lipinski definition) is 4. The van der Waals surface area contributed by atoms with E-state index in [-0.39, 0.29) is 0 Å². The van der Waals surface area contributed by atoms with Crippen LogP contribution in [0.2, 0.25) is 0 Å². The largest absolute Gasteiger partial charge is 0.309 e. The third-order valence-corrected chi connectivity index (χ3v) is 13.3. The third-order valence-electron chi connectivity index (χ3n) is 13.3. The molecule has 1 spiro atoms. The van der Waals surface area contributed by atoms with Gasteiger partial charge in [0.15, 0.2) is 17.5 Å². The highest BCUT2D eigenvalue weighted by Crippen LogP contribution is 2.61. The molecule has 5 nitrogen and oxygen atoms in total. The van der Waals surface area contributed by atoms with E-state index in [4.69, 9.17) is 15.0 Å². The second-order valence-corrected chi connectivity index (χ2v) is 16.7. The molecule has 0 fully saturated rings. The summed E-state index contributed by atoms with van der Waals surface area (Å²) >= 11 is 0. The minimum atomic E-state index is -0.521. The Labute approximate surface area is 369 Å². The lowest BCUT2D eigenvalue weighted by atomic mass is 9.65. The number of rotatable bonds is 5. The molecular weight excluding hydrogens is 779 g/mol. The minimum absolute atomic E-state index is 0.521. The Morgan fingerprint density at radius 1 is 0.375 bits per heavy atom. The van der Waals surface area contributed by atoms with E-state index in [0.29, 0.717) is 23.0 Å². The van der Waals surface area contributed by atoms with E-state index in [2.05, 4.69) is 150 Å². The van der Waals surface area contributed by atoms with Gasteiger partial charge in [-0.15, -0.1) is 0 Å². The number of nitrogens with zero attached hydrogens (tertiary/aromatic N) is 5. The summed E-state index contributed by atoms with van der Waals surface area (Å²) in [5.41, 5.74) is 18.4. The van der Waals surface area contributed by atoms with Gasteiger partial charge in [0.25, 0.3) is 0 Å². The van der Waals surface area contributed by atoms with Gasteiger partial charge in [0.1, 0.15) is 0 Å². The maximum atomic E-state index is 9.56. The van der Waals surface area contributed by atoms with Crippen LogP contribution in [0.15, 0.2) is 212 Å². The fourth-order valence-electron chi connectivity index (χ4n) is 10.5. The van der Waals surface area contributed by atoms with Crippen molar-refractivity contribution in [3.8, 4) is 79.3 Å². The van der Waals surface area contributed by atoms with Gasteiger partial charge in [0.05, 0.1) is 33.8 Å². The topological polar surface area (TPSA) is 67.4 Å². The van der Waals surface area contributed by atoms with E-state index < -0.39 is 5.41 Å². The average Bonchev–Trinajstić information content (AvgIpc) is 3.87. The predicted octanol–water partition coefficient (Wildman–Crippen LogP) is 13.9. The second kappa shape index (κ2) is 13.9. The van der Waals surface area contributed by atoms with Crippen molar-refractivity contribution < 1.29 is 0 Å². The second-order valence-electron chi connectivity index (χ2n) is 16.7. The normalized spacial score (nSPS) is 12.8. The monoisotopic (exact) mass is 813 g/mol. The first-order valence-corrected chi connectivity index (χ1v) is 21.6. The Morgan fingerprint density at radius 2 is 0.891 bits per heavy atom. The number of aromatic nitrogens is 4. The first-order chi connectivity index (χ1) is 31.7. The number of para-hydroxylation sites is 2. The van der Waals surface area contributed by atoms with Crippen LogP contribution < -0.4 is 0 Å². The Hall–Kier alpha value is -8.72. The maximum Gasteiger partial charge on any atom is 0.164 e. The summed E-state index contributed by atoms with van der Waals surface area (Å²) in [5.74, 6) is 1.77. The van der Waals surface area contributed by atoms with Gasteiger partial charge in [-0.25, -0.2) is 15.0 Å². The summed E-state index contributed by atoms with van der Waals surface area (Å²) in [4.78, 5) is 15.2. The lowest BCUT2D eigenvalue weighted by molar-refractivity contribution is 0.749. The minimum Gasteiger partial charge on any atom is -0.309 e. The molecule has 0 N–H and O–H groups in total. The number of hydrogen-bond donors (Lipinski definition) is 0. The summed E-state index contributed by atoms with van der Waals surface area (Å²) in [5, 5.41) is 12.1. The average molecular weight is 814 g/mol. The van der Waals surface area contributed by atoms with Crippen molar-refractivity contribution in [3.05, 3.63) is 240 Å². The molecule has 2 aliphatic rings. The fraction of sp³-hybridized carbons (Fsp3) is 0.0169. The molecule has 11 aromatic rings. The Morgan fingerprint density at radius 3 is 1.64 bits per heavy atom. The molecule has 1 aliphatic heterocycles. The lowest BCUT2D eigenvalue weighted by Crippen LogP contribution is -2.33. The molecule has 0 bridgehead atoms. The quantitative estimate of drug-likeness (QED) is 0.174. The van der Waals surface area contributed by atoms with Crippen LogP contribution in [0.4, 0.5) is 0 Å². The molecule has 64 heavy (non-hydrogen) atoms. The highest BCUT2D eigenvalue weighted by molar-refractivity contribution is 6.13. The third kappa shape index (κ3) is 5.20. The molecular formula is C59H35N5. The fourth-order valence-corrected chi connectivity index (χ4v) is 10.5. The van der Waals surface area contributed by atoms with Crippen molar-refractivity contribution in [2.45, 2.75) is 5.41 Å². The van der Waals surface area contributed by atoms with Gasteiger partial charge in [-0.1, -0.05) is 176 Å². The van der Waals surface area contributed by atoms with Gasteiger partial charge in [-0.2, -0.15) is 5.26 Å². The van der Waals surface area contributed by atoms with Gasteiger partial charge in [-0.3, -0.25) is 0 Å². The van der Waals surface area contributed by atoms with Crippen LogP contribution in [0.25, 0.3) is 95.0 Å². The Bertz CT molecular complexity index is 3700. The molecule has 2 aromatic heterocycles. The summed E-state index contributed by atoms with van der Waals surface area (Å²) in [6.45, 7) is 0. The summed E-state index contributed by atoms with van der Waals surface area (Å²) in [6, 6.07) is 77.5. The van der Waals surface area contributed by atoms with Crippen molar-refractivity contribution in [1.29, 1.82) is 5.26 Å². The SMILES string of the molecule is N#Cc1cccc(-c2cccc(-c3nc(-c4ccccc4)nc(-c4ccc(-c5ccc6c(c5)C5(c7ccccc7-c7ccccc75)c5cccc7c8ccccc8n-6c57)cc4)n3)c2)c1. The van der Waals surface area contributed by atoms with E-state index >= 15 is 0 Å². The molecule has 0 radical (unpaired) electrons. The number of nitriles is 1. The van der Waals surface area contributed by atoms with Crippen molar-refractivity contribution >= 4 is 21.8 Å².